The fourth-order valence-electron chi connectivity index (χ4n) is 1.77. The third kappa shape index (κ3) is 5.17. The van der Waals surface area contributed by atoms with Crippen molar-refractivity contribution in [2.45, 2.75) is 32.7 Å². The molecular weight excluding hydrogens is 236 g/mol. The van der Waals surface area contributed by atoms with Crippen molar-refractivity contribution in [3.8, 4) is 0 Å². The minimum atomic E-state index is 0. The van der Waals surface area contributed by atoms with E-state index < -0.39 is 0 Å². The second-order valence-electron chi connectivity index (χ2n) is 3.95. The molecule has 1 fully saturated rings. The zero-order valence-corrected chi connectivity index (χ0v) is 14.1. The molecule has 2 atom stereocenters. The van der Waals surface area contributed by atoms with E-state index in [1.165, 1.54) is 0 Å². The summed E-state index contributed by atoms with van der Waals surface area (Å²) in [6, 6.07) is 0.475. The van der Waals surface area contributed by atoms with Crippen LogP contribution in [-0.4, -0.2) is 30.3 Å². The molecule has 1 rings (SSSR count). The Bertz CT molecular complexity index is 172. The van der Waals surface area contributed by atoms with Crippen LogP contribution >= 0.6 is 0 Å². The Hall–Kier alpha value is 1.44. The minimum Gasteiger partial charge on any atom is -0.332 e. The van der Waals surface area contributed by atoms with Crippen LogP contribution in [0.3, 0.4) is 0 Å². The number of piperidine rings is 1. The summed E-state index contributed by atoms with van der Waals surface area (Å²) in [5.41, 5.74) is 0. The average Bonchev–Trinajstić information content (AvgIpc) is 1.96. The van der Waals surface area contributed by atoms with Crippen molar-refractivity contribution in [2.24, 2.45) is 5.92 Å². The number of hydrogen-bond donors (Lipinski definition) is 0. The number of Topliss-reactive ketones (excluding diaryl/α,β-unsaturated/α-hetero) is 1. The molecule has 0 aromatic carbocycles. The summed E-state index contributed by atoms with van der Waals surface area (Å²) in [4.78, 5) is 13.2. The molecule has 0 amide bonds. The van der Waals surface area contributed by atoms with Crippen LogP contribution in [0.4, 0.5) is 0 Å². The smallest absolute Gasteiger partial charge is 0.332 e. The molecule has 0 radical (unpaired) electrons. The van der Waals surface area contributed by atoms with Gasteiger partial charge < -0.3 is 11.3 Å². The largest absolute Gasteiger partial charge is 1.00 e. The first kappa shape index (κ1) is 14.4. The maximum atomic E-state index is 10.9. The van der Waals surface area contributed by atoms with Crippen molar-refractivity contribution < 1.29 is 63.0 Å². The first-order chi connectivity index (χ1) is 5.59. The van der Waals surface area contributed by atoms with Crippen LogP contribution < -0.4 is 58.2 Å². The molecule has 1 saturated heterocycles. The van der Waals surface area contributed by atoms with Gasteiger partial charge in [0.25, 0.3) is 0 Å². The van der Waals surface area contributed by atoms with E-state index in [0.29, 0.717) is 24.2 Å². The van der Waals surface area contributed by atoms with Gasteiger partial charge >= 0.3 is 58.2 Å². The van der Waals surface area contributed by atoms with Gasteiger partial charge in [0.15, 0.2) is 0 Å². The fourth-order valence-corrected chi connectivity index (χ4v) is 1.77. The summed E-state index contributed by atoms with van der Waals surface area (Å²) < 4.78 is 0. The number of carbonyl (C=O) groups excluding carboxylic acids is 1. The summed E-state index contributed by atoms with van der Waals surface area (Å²) in [7, 11) is 2.09. The maximum absolute atomic E-state index is 10.9. The molecule has 0 saturated carbocycles. The van der Waals surface area contributed by atoms with Gasteiger partial charge in [0.2, 0.25) is 0 Å². The van der Waals surface area contributed by atoms with Crippen molar-refractivity contribution in [1.29, 1.82) is 0 Å². The number of rotatable bonds is 2. The van der Waals surface area contributed by atoms with E-state index in [-0.39, 0.29) is 58.2 Å². The number of hydrogen-bond acceptors (Lipinski definition) is 2. The zero-order chi connectivity index (χ0) is 9.14. The van der Waals surface area contributed by atoms with E-state index in [1.807, 2.05) is 0 Å². The molecule has 0 bridgehead atoms. The number of carbonyl (C=O) groups is 1. The Morgan fingerprint density at radius 2 is 2.23 bits per heavy atom. The summed E-state index contributed by atoms with van der Waals surface area (Å²) in [5.74, 6) is 0.978. The molecule has 0 aliphatic carbocycles. The molecule has 1 aliphatic heterocycles. The number of likely N-dealkylation sites (tertiary alicyclic amines) is 1. The van der Waals surface area contributed by atoms with E-state index in [2.05, 4.69) is 25.3 Å². The average molecular weight is 254 g/mol. The van der Waals surface area contributed by atoms with Crippen LogP contribution in [0.1, 0.15) is 26.7 Å². The van der Waals surface area contributed by atoms with Crippen LogP contribution in [0.2, 0.25) is 0 Å². The summed E-state index contributed by atoms with van der Waals surface area (Å²) >= 11 is 0. The standard InChI is InChI=1S/C10H18NO.Rb/c1-8-4-5-11(3)10(6-8)7-9(2)12;/h4,8,10H,5-7H2,1-3H3;/q-1;+1. The van der Waals surface area contributed by atoms with Crippen molar-refractivity contribution >= 4 is 5.78 Å². The summed E-state index contributed by atoms with van der Waals surface area (Å²) in [5, 5.41) is 0. The maximum Gasteiger partial charge on any atom is 1.00 e. The molecule has 2 unspecified atom stereocenters. The van der Waals surface area contributed by atoms with Gasteiger partial charge in [-0.2, -0.15) is 5.92 Å². The quantitative estimate of drug-likeness (QED) is 0.560. The topological polar surface area (TPSA) is 20.3 Å². The van der Waals surface area contributed by atoms with Crippen LogP contribution in [0.5, 0.6) is 0 Å². The van der Waals surface area contributed by atoms with E-state index in [1.54, 1.807) is 6.92 Å². The zero-order valence-electron chi connectivity index (χ0n) is 9.21. The molecule has 1 aliphatic rings. The van der Waals surface area contributed by atoms with Crippen LogP contribution in [0.25, 0.3) is 0 Å². The second-order valence-corrected chi connectivity index (χ2v) is 3.95. The predicted molar refractivity (Wildman–Crippen MR) is 49.8 cm³/mol. The van der Waals surface area contributed by atoms with Gasteiger partial charge in [-0.3, -0.25) is 4.79 Å². The van der Waals surface area contributed by atoms with Crippen LogP contribution in [-0.2, 0) is 4.79 Å². The molecule has 0 aromatic heterocycles. The van der Waals surface area contributed by atoms with Gasteiger partial charge in [-0.25, -0.2) is 0 Å². The van der Waals surface area contributed by atoms with E-state index in [9.17, 15) is 4.79 Å². The Balaban J connectivity index is 0.00000144. The molecule has 70 valence electrons. The molecule has 3 heteroatoms. The normalized spacial score (nSPS) is 29.5. The molecule has 2 nitrogen and oxygen atoms in total. The first-order valence-electron chi connectivity index (χ1n) is 4.62. The Kier molecular flexibility index (Phi) is 7.59. The van der Waals surface area contributed by atoms with Crippen molar-refractivity contribution in [2.75, 3.05) is 13.6 Å². The van der Waals surface area contributed by atoms with E-state index in [0.717, 1.165) is 13.0 Å². The van der Waals surface area contributed by atoms with Crippen molar-refractivity contribution in [3.05, 3.63) is 6.42 Å². The number of ketones is 1. The Morgan fingerprint density at radius 1 is 1.62 bits per heavy atom. The van der Waals surface area contributed by atoms with Gasteiger partial charge in [-0.15, -0.1) is 6.54 Å². The van der Waals surface area contributed by atoms with Gasteiger partial charge in [0.05, 0.1) is 0 Å². The third-order valence-electron chi connectivity index (χ3n) is 2.59. The van der Waals surface area contributed by atoms with E-state index in [4.69, 9.17) is 0 Å². The first-order valence-corrected chi connectivity index (χ1v) is 4.62. The predicted octanol–water partition coefficient (Wildman–Crippen LogP) is -1.49. The third-order valence-corrected chi connectivity index (χ3v) is 2.59. The van der Waals surface area contributed by atoms with Gasteiger partial charge in [0, 0.05) is 12.5 Å². The second kappa shape index (κ2) is 6.83. The molecule has 0 spiro atoms. The SMILES string of the molecule is CC(=O)CC1CC(C)[CH-]CN1C.[Rb+]. The molecule has 1 heterocycles. The van der Waals surface area contributed by atoms with Crippen LogP contribution in [0.15, 0.2) is 0 Å². The van der Waals surface area contributed by atoms with E-state index >= 15 is 0 Å². The summed E-state index contributed by atoms with van der Waals surface area (Å²) in [6.07, 6.45) is 4.17. The van der Waals surface area contributed by atoms with Crippen molar-refractivity contribution in [3.63, 3.8) is 0 Å². The molecule has 0 aromatic rings. The molecule has 13 heavy (non-hydrogen) atoms. The van der Waals surface area contributed by atoms with Gasteiger partial charge in [-0.05, 0) is 14.0 Å². The molecular formula is C10H18NORb. The van der Waals surface area contributed by atoms with Gasteiger partial charge in [0.1, 0.15) is 5.78 Å². The van der Waals surface area contributed by atoms with Crippen molar-refractivity contribution in [1.82, 2.24) is 4.90 Å². The minimum absolute atomic E-state index is 0. The monoisotopic (exact) mass is 253 g/mol. The van der Waals surface area contributed by atoms with Crippen LogP contribution in [0, 0.1) is 12.3 Å². The van der Waals surface area contributed by atoms with Gasteiger partial charge in [-0.1, -0.05) is 13.3 Å². The number of nitrogens with zero attached hydrogens (tertiary/aromatic N) is 1. The molecule has 0 N–H and O–H groups in total. The Labute approximate surface area is 130 Å². The fraction of sp³-hybridized carbons (Fsp3) is 0.800. The Morgan fingerprint density at radius 3 is 2.77 bits per heavy atom. The summed E-state index contributed by atoms with van der Waals surface area (Å²) in [6.45, 7) is 4.93.